The van der Waals surface area contributed by atoms with E-state index < -0.39 is 157 Å². The van der Waals surface area contributed by atoms with Gasteiger partial charge in [0.15, 0.2) is 0 Å². The number of carbonyl (C=O) groups is 12. The molecule has 2 fully saturated rings. The van der Waals surface area contributed by atoms with Gasteiger partial charge in [0.05, 0.1) is 26.1 Å². The summed E-state index contributed by atoms with van der Waals surface area (Å²) in [5.74, 6) is -9.61. The average Bonchev–Trinajstić information content (AvgIpc) is 0.875. The van der Waals surface area contributed by atoms with Gasteiger partial charge in [-0.3, -0.25) is 57.5 Å². The Kier molecular flexibility index (Phi) is 29.2. The van der Waals surface area contributed by atoms with Gasteiger partial charge in [0.2, 0.25) is 70.9 Å². The maximum absolute atomic E-state index is 15.5. The highest BCUT2D eigenvalue weighted by molar-refractivity contribution is 6.31. The molecule has 0 bridgehead atoms. The van der Waals surface area contributed by atoms with Crippen LogP contribution in [0.4, 0.5) is 0 Å². The quantitative estimate of drug-likeness (QED) is 0.148. The summed E-state index contributed by atoms with van der Waals surface area (Å²) in [5, 5.41) is 12.0. The lowest BCUT2D eigenvalue weighted by Gasteiger charge is -2.38. The lowest BCUT2D eigenvalue weighted by molar-refractivity contribution is -0.150. The van der Waals surface area contributed by atoms with Crippen molar-refractivity contribution in [1.29, 1.82) is 0 Å². The summed E-state index contributed by atoms with van der Waals surface area (Å²) in [6.45, 7) is 9.07. The molecule has 0 unspecified atom stereocenters. The standard InChI is InChI=1S/C72H96Cl2N12O12/c1-13-46(5)63-72(98)85(14-2)44-61(89)79(7)43-62(90)82(10)57(40-50-30-32-52(73)33-31-50)70(96)80(8)42-59(87)75-54(38-51-28-23-29-53(74)36-51)66(92)76-55(37-48-24-17-15-18-25-48)68(94)83(11)58(39-49-26-19-16-20-27-49)71(97)84(12)64(45(3)4)67(93)77-56(69(95)86-34-21-22-35-86)41-60(88)81(9)47(6)65(91)78-63/h15-20,23-33,36,45-47,54-58,63-64H,13-14,21-22,34-35,37-44H2,1-12H3,(H,75,87)(H,76,92)(H,77,93)(H,78,91)/t46-,47-,54-,55-,56-,57-,58-,63-,64-/m0/s1. The Labute approximate surface area is 585 Å². The van der Waals surface area contributed by atoms with E-state index in [1.807, 2.05) is 6.92 Å². The number of nitrogens with zero attached hydrogens (tertiary/aromatic N) is 8. The summed E-state index contributed by atoms with van der Waals surface area (Å²) in [6, 6.07) is 20.2. The molecule has 12 amide bonds. The van der Waals surface area contributed by atoms with Crippen LogP contribution in [0.5, 0.6) is 0 Å². The van der Waals surface area contributed by atoms with Gasteiger partial charge < -0.3 is 60.5 Å². The van der Waals surface area contributed by atoms with E-state index in [1.165, 1.54) is 63.9 Å². The number of hydrogen-bond donors (Lipinski definition) is 4. The molecule has 2 aliphatic rings. The second kappa shape index (κ2) is 36.6. The van der Waals surface area contributed by atoms with Crippen molar-refractivity contribution in [1.82, 2.24) is 60.5 Å². The molecule has 0 spiro atoms. The number of carbonyl (C=O) groups excluding carboxylic acids is 12. The third-order valence-electron chi connectivity index (χ3n) is 18.5. The van der Waals surface area contributed by atoms with Gasteiger partial charge in [-0.25, -0.2) is 0 Å². The van der Waals surface area contributed by atoms with Crippen LogP contribution in [-0.4, -0.2) is 240 Å². The third-order valence-corrected chi connectivity index (χ3v) is 19.0. The van der Waals surface area contributed by atoms with Crippen molar-refractivity contribution >= 4 is 94.1 Å². The van der Waals surface area contributed by atoms with Crippen LogP contribution in [0.1, 0.15) is 89.5 Å². The van der Waals surface area contributed by atoms with Gasteiger partial charge >= 0.3 is 0 Å². The lowest BCUT2D eigenvalue weighted by Crippen LogP contribution is -2.61. The van der Waals surface area contributed by atoms with E-state index in [1.54, 1.807) is 142 Å². The molecule has 6 rings (SSSR count). The molecule has 2 aliphatic heterocycles. The highest BCUT2D eigenvalue weighted by Gasteiger charge is 2.42. The van der Waals surface area contributed by atoms with Crippen molar-refractivity contribution in [3.05, 3.63) is 141 Å². The molecule has 0 aromatic heterocycles. The number of benzene rings is 4. The molecule has 530 valence electrons. The zero-order valence-electron chi connectivity index (χ0n) is 58.3. The fraction of sp³-hybridized carbons (Fsp3) is 0.500. The minimum absolute atomic E-state index is 0.00611. The van der Waals surface area contributed by atoms with E-state index >= 15 is 19.2 Å². The van der Waals surface area contributed by atoms with E-state index in [4.69, 9.17) is 23.2 Å². The van der Waals surface area contributed by atoms with Gasteiger partial charge in [-0.05, 0) is 85.0 Å². The summed E-state index contributed by atoms with van der Waals surface area (Å²) in [7, 11) is 8.30. The molecule has 4 aromatic rings. The van der Waals surface area contributed by atoms with Crippen LogP contribution in [0.2, 0.25) is 10.0 Å². The highest BCUT2D eigenvalue weighted by Crippen LogP contribution is 2.23. The number of nitrogens with one attached hydrogen (secondary N) is 4. The number of hydrogen-bond acceptors (Lipinski definition) is 12. The maximum Gasteiger partial charge on any atom is 0.246 e. The molecular formula is C72H96Cl2N12O12. The van der Waals surface area contributed by atoms with E-state index in [2.05, 4.69) is 21.3 Å². The Morgan fingerprint density at radius 2 is 1.06 bits per heavy atom. The van der Waals surface area contributed by atoms with Crippen LogP contribution in [-0.2, 0) is 83.2 Å². The molecule has 9 atom stereocenters. The summed E-state index contributed by atoms with van der Waals surface area (Å²) < 4.78 is 0. The van der Waals surface area contributed by atoms with E-state index in [9.17, 15) is 38.4 Å². The van der Waals surface area contributed by atoms with Crippen molar-refractivity contribution in [2.75, 3.05) is 81.6 Å². The minimum atomic E-state index is -1.48. The second-order valence-corrected chi connectivity index (χ2v) is 26.9. The SMILES string of the molecule is CC[C@H](C)[C@@H]1NC(=O)[C@H](C)N(C)C(=O)C[C@@H](C(=O)N2CCCC2)NC(=O)[C@H](C(C)C)N(C)C(=O)[C@H](Cc2ccccc2)N(C)C(=O)[C@H](Cc2ccccc2)NC(=O)[C@H](Cc2cccc(Cl)c2)NC(=O)CN(C)C(=O)[C@H](Cc2ccc(Cl)cc2)N(C)C(=O)CN(C)C(=O)CN(CC)C1=O. The Hall–Kier alpha value is -8.90. The Bertz CT molecular complexity index is 3470. The average molecular weight is 1390 g/mol. The van der Waals surface area contributed by atoms with E-state index in [0.717, 1.165) is 19.6 Å². The molecule has 2 saturated heterocycles. The molecule has 0 aliphatic carbocycles. The zero-order chi connectivity index (χ0) is 72.2. The van der Waals surface area contributed by atoms with Gasteiger partial charge in [0.1, 0.15) is 48.3 Å². The third kappa shape index (κ3) is 21.3. The van der Waals surface area contributed by atoms with Crippen molar-refractivity contribution in [3.63, 3.8) is 0 Å². The van der Waals surface area contributed by atoms with Crippen molar-refractivity contribution in [3.8, 4) is 0 Å². The first-order valence-corrected chi connectivity index (χ1v) is 34.1. The molecule has 24 nitrogen and oxygen atoms in total. The maximum atomic E-state index is 15.5. The molecule has 26 heteroatoms. The molecule has 4 N–H and O–H groups in total. The van der Waals surface area contributed by atoms with Crippen LogP contribution in [0.15, 0.2) is 109 Å². The minimum Gasteiger partial charge on any atom is -0.342 e. The van der Waals surface area contributed by atoms with Crippen molar-refractivity contribution < 1.29 is 57.5 Å². The van der Waals surface area contributed by atoms with Crippen LogP contribution in [0, 0.1) is 11.8 Å². The molecule has 98 heavy (non-hydrogen) atoms. The number of rotatable bonds is 13. The molecule has 2 heterocycles. The highest BCUT2D eigenvalue weighted by atomic mass is 35.5. The summed E-state index contributed by atoms with van der Waals surface area (Å²) in [6.07, 6.45) is 0.742. The molecule has 4 aromatic carbocycles. The van der Waals surface area contributed by atoms with E-state index in [-0.39, 0.29) is 32.2 Å². The topological polar surface area (TPSA) is 279 Å². The number of likely N-dealkylation sites (tertiary alicyclic amines) is 1. The van der Waals surface area contributed by atoms with Crippen LogP contribution >= 0.6 is 23.2 Å². The summed E-state index contributed by atoms with van der Waals surface area (Å²) >= 11 is 12.7. The fourth-order valence-electron chi connectivity index (χ4n) is 12.1. The van der Waals surface area contributed by atoms with Gasteiger partial charge in [0.25, 0.3) is 0 Å². The van der Waals surface area contributed by atoms with E-state index in [0.29, 0.717) is 64.7 Å². The number of likely N-dealkylation sites (N-methyl/N-ethyl adjacent to an activating group) is 7. The van der Waals surface area contributed by atoms with Gasteiger partial charge in [-0.15, -0.1) is 0 Å². The molecule has 0 saturated carbocycles. The van der Waals surface area contributed by atoms with Crippen LogP contribution in [0.25, 0.3) is 0 Å². The molecule has 0 radical (unpaired) electrons. The fourth-order valence-corrected chi connectivity index (χ4v) is 12.4. The monoisotopic (exact) mass is 1390 g/mol. The number of halogens is 2. The van der Waals surface area contributed by atoms with Crippen molar-refractivity contribution in [2.45, 2.75) is 141 Å². The smallest absolute Gasteiger partial charge is 0.246 e. The zero-order valence-corrected chi connectivity index (χ0v) is 59.8. The predicted octanol–water partition coefficient (Wildman–Crippen LogP) is 4.02. The van der Waals surface area contributed by atoms with Crippen molar-refractivity contribution in [2.24, 2.45) is 11.8 Å². The Morgan fingerprint density at radius 1 is 0.500 bits per heavy atom. The first kappa shape index (κ1) is 78.1. The van der Waals surface area contributed by atoms with Crippen LogP contribution < -0.4 is 21.3 Å². The van der Waals surface area contributed by atoms with Gasteiger partial charge in [0, 0.05) is 97.6 Å². The summed E-state index contributed by atoms with van der Waals surface area (Å²) in [4.78, 5) is 187. The number of amides is 12. The first-order valence-electron chi connectivity index (χ1n) is 33.3. The normalized spacial score (nSPS) is 23.4. The Morgan fingerprint density at radius 3 is 1.63 bits per heavy atom. The van der Waals surface area contributed by atoms with Gasteiger partial charge in [-0.2, -0.15) is 0 Å². The molecular weight excluding hydrogens is 1300 g/mol. The largest absolute Gasteiger partial charge is 0.342 e. The van der Waals surface area contributed by atoms with Gasteiger partial charge in [-0.1, -0.05) is 142 Å². The van der Waals surface area contributed by atoms with Crippen LogP contribution in [0.3, 0.4) is 0 Å². The lowest BCUT2D eigenvalue weighted by atomic mass is 9.97. The second-order valence-electron chi connectivity index (χ2n) is 26.0. The first-order chi connectivity index (χ1) is 46.4. The predicted molar refractivity (Wildman–Crippen MR) is 372 cm³/mol. The Balaban J connectivity index is 1.45. The summed E-state index contributed by atoms with van der Waals surface area (Å²) in [5.41, 5.74) is 2.37.